The molecule has 2 N–H and O–H groups in total. The van der Waals surface area contributed by atoms with Gasteiger partial charge in [0.1, 0.15) is 0 Å². The maximum atomic E-state index is 11.7. The maximum Gasteiger partial charge on any atom is 0.237 e. The molecule has 1 saturated heterocycles. The van der Waals surface area contributed by atoms with Gasteiger partial charge in [0, 0.05) is 13.1 Å². The summed E-state index contributed by atoms with van der Waals surface area (Å²) in [6.07, 6.45) is 3.02. The lowest BCUT2D eigenvalue weighted by Crippen LogP contribution is -2.49. The monoisotopic (exact) mass is 260 g/mol. The van der Waals surface area contributed by atoms with Gasteiger partial charge in [-0.25, -0.2) is 0 Å². The number of piperidine rings is 1. The predicted octanol–water partition coefficient (Wildman–Crippen LogP) is 1.17. The molecule has 2 unspecified atom stereocenters. The lowest BCUT2D eigenvalue weighted by atomic mass is 9.97. The number of benzene rings is 1. The van der Waals surface area contributed by atoms with Crippen LogP contribution < -0.4 is 10.6 Å². The summed E-state index contributed by atoms with van der Waals surface area (Å²) in [5, 5.41) is 6.24. The van der Waals surface area contributed by atoms with Crippen molar-refractivity contribution in [1.82, 2.24) is 10.6 Å². The third-order valence-corrected chi connectivity index (χ3v) is 3.93. The summed E-state index contributed by atoms with van der Waals surface area (Å²) >= 11 is 0. The Morgan fingerprint density at radius 3 is 3.16 bits per heavy atom. The minimum Gasteiger partial charge on any atom is -0.372 e. The first-order valence-electron chi connectivity index (χ1n) is 7.05. The van der Waals surface area contributed by atoms with E-state index in [0.29, 0.717) is 6.54 Å². The summed E-state index contributed by atoms with van der Waals surface area (Å²) in [5.41, 5.74) is 2.63. The van der Waals surface area contributed by atoms with Gasteiger partial charge in [-0.2, -0.15) is 0 Å². The van der Waals surface area contributed by atoms with E-state index in [1.807, 2.05) is 6.07 Å². The molecular formula is C15H20N2O2. The second-order valence-corrected chi connectivity index (χ2v) is 5.20. The number of fused-ring (bicyclic) bond motifs is 1. The van der Waals surface area contributed by atoms with Crippen molar-refractivity contribution in [2.45, 2.75) is 31.4 Å². The van der Waals surface area contributed by atoms with Crippen LogP contribution >= 0.6 is 0 Å². The lowest BCUT2D eigenvalue weighted by molar-refractivity contribution is -0.124. The van der Waals surface area contributed by atoms with E-state index in [4.69, 9.17) is 4.74 Å². The molecule has 2 aliphatic rings. The summed E-state index contributed by atoms with van der Waals surface area (Å²) in [7, 11) is 0. The molecule has 1 amide bonds. The summed E-state index contributed by atoms with van der Waals surface area (Å²) in [6, 6.07) is 8.35. The zero-order valence-electron chi connectivity index (χ0n) is 11.0. The molecule has 0 radical (unpaired) electrons. The zero-order valence-corrected chi connectivity index (χ0v) is 11.0. The van der Waals surface area contributed by atoms with Crippen molar-refractivity contribution in [2.24, 2.45) is 0 Å². The highest BCUT2D eigenvalue weighted by atomic mass is 16.5. The number of hydrogen-bond donors (Lipinski definition) is 2. The maximum absolute atomic E-state index is 11.7. The van der Waals surface area contributed by atoms with E-state index in [-0.39, 0.29) is 18.1 Å². The summed E-state index contributed by atoms with van der Waals surface area (Å²) in [4.78, 5) is 11.7. The third kappa shape index (κ3) is 2.80. The quantitative estimate of drug-likeness (QED) is 0.857. The second-order valence-electron chi connectivity index (χ2n) is 5.20. The Morgan fingerprint density at radius 2 is 2.26 bits per heavy atom. The van der Waals surface area contributed by atoms with Crippen LogP contribution in [0.25, 0.3) is 0 Å². The van der Waals surface area contributed by atoms with Crippen LogP contribution in [0.5, 0.6) is 0 Å². The van der Waals surface area contributed by atoms with Gasteiger partial charge in [0.2, 0.25) is 5.91 Å². The topological polar surface area (TPSA) is 50.4 Å². The van der Waals surface area contributed by atoms with Crippen LogP contribution in [0.2, 0.25) is 0 Å². The Morgan fingerprint density at radius 1 is 1.37 bits per heavy atom. The fraction of sp³-hybridized carbons (Fsp3) is 0.533. The Kier molecular flexibility index (Phi) is 3.80. The van der Waals surface area contributed by atoms with Gasteiger partial charge in [0.15, 0.2) is 0 Å². The molecule has 1 aromatic rings. The number of amides is 1. The number of hydrogen-bond acceptors (Lipinski definition) is 3. The molecule has 2 heterocycles. The standard InChI is InChI=1S/C15H20N2O2/c18-15-13(6-3-8-16-15)17-10-14-12-5-2-1-4-11(12)7-9-19-14/h1-2,4-5,13-14,17H,3,6-10H2,(H,16,18). The second kappa shape index (κ2) is 5.72. The fourth-order valence-electron chi connectivity index (χ4n) is 2.86. The molecule has 1 fully saturated rings. The molecule has 4 nitrogen and oxygen atoms in total. The van der Waals surface area contributed by atoms with Gasteiger partial charge in [-0.15, -0.1) is 0 Å². The van der Waals surface area contributed by atoms with Crippen molar-refractivity contribution >= 4 is 5.91 Å². The molecule has 0 aliphatic carbocycles. The molecule has 0 bridgehead atoms. The molecule has 0 aromatic heterocycles. The normalized spacial score (nSPS) is 26.6. The van der Waals surface area contributed by atoms with E-state index >= 15 is 0 Å². The molecule has 3 rings (SSSR count). The first-order valence-corrected chi connectivity index (χ1v) is 7.05. The van der Waals surface area contributed by atoms with E-state index in [1.54, 1.807) is 0 Å². The zero-order chi connectivity index (χ0) is 13.1. The summed E-state index contributed by atoms with van der Waals surface area (Å²) in [5.74, 6) is 0.121. The van der Waals surface area contributed by atoms with Gasteiger partial charge in [-0.05, 0) is 30.4 Å². The third-order valence-electron chi connectivity index (χ3n) is 3.93. The number of nitrogens with one attached hydrogen (secondary N) is 2. The van der Waals surface area contributed by atoms with Crippen molar-refractivity contribution in [1.29, 1.82) is 0 Å². The van der Waals surface area contributed by atoms with Crippen LogP contribution in [-0.4, -0.2) is 31.6 Å². The van der Waals surface area contributed by atoms with Gasteiger partial charge < -0.3 is 15.4 Å². The minimum atomic E-state index is -0.0635. The molecule has 0 saturated carbocycles. The van der Waals surface area contributed by atoms with Gasteiger partial charge in [-0.1, -0.05) is 24.3 Å². The van der Waals surface area contributed by atoms with Crippen LogP contribution in [0.4, 0.5) is 0 Å². The average Bonchev–Trinajstić information content (AvgIpc) is 2.46. The molecule has 1 aromatic carbocycles. The van der Waals surface area contributed by atoms with E-state index in [0.717, 1.165) is 32.4 Å². The summed E-state index contributed by atoms with van der Waals surface area (Å²) < 4.78 is 5.84. The van der Waals surface area contributed by atoms with Gasteiger partial charge >= 0.3 is 0 Å². The van der Waals surface area contributed by atoms with Crippen molar-refractivity contribution in [2.75, 3.05) is 19.7 Å². The van der Waals surface area contributed by atoms with Gasteiger partial charge in [-0.3, -0.25) is 4.79 Å². The highest BCUT2D eigenvalue weighted by Gasteiger charge is 2.25. The Labute approximate surface area is 113 Å². The molecule has 2 aliphatic heterocycles. The van der Waals surface area contributed by atoms with Crippen LogP contribution in [0, 0.1) is 0 Å². The Hall–Kier alpha value is -1.39. The highest BCUT2D eigenvalue weighted by Crippen LogP contribution is 2.26. The van der Waals surface area contributed by atoms with Gasteiger partial charge in [0.05, 0.1) is 18.8 Å². The van der Waals surface area contributed by atoms with E-state index in [1.165, 1.54) is 11.1 Å². The molecular weight excluding hydrogens is 240 g/mol. The number of carbonyl (C=O) groups is 1. The van der Waals surface area contributed by atoms with Crippen molar-refractivity contribution in [3.8, 4) is 0 Å². The van der Waals surface area contributed by atoms with Crippen molar-refractivity contribution in [3.63, 3.8) is 0 Å². The Balaban J connectivity index is 1.63. The van der Waals surface area contributed by atoms with Crippen LogP contribution in [0.1, 0.15) is 30.1 Å². The van der Waals surface area contributed by atoms with Crippen LogP contribution in [-0.2, 0) is 16.0 Å². The predicted molar refractivity (Wildman–Crippen MR) is 72.9 cm³/mol. The first-order chi connectivity index (χ1) is 9.34. The SMILES string of the molecule is O=C1NCCCC1NCC1OCCc2ccccc21. The van der Waals surface area contributed by atoms with Crippen LogP contribution in [0.15, 0.2) is 24.3 Å². The molecule has 19 heavy (non-hydrogen) atoms. The van der Waals surface area contributed by atoms with Crippen molar-refractivity contribution < 1.29 is 9.53 Å². The number of ether oxygens (including phenoxy) is 1. The number of rotatable bonds is 3. The molecule has 0 spiro atoms. The number of carbonyl (C=O) groups excluding carboxylic acids is 1. The molecule has 102 valence electrons. The van der Waals surface area contributed by atoms with E-state index in [2.05, 4.69) is 28.8 Å². The minimum absolute atomic E-state index is 0.0635. The lowest BCUT2D eigenvalue weighted by Gasteiger charge is -2.29. The molecule has 4 heteroatoms. The molecule has 2 atom stereocenters. The van der Waals surface area contributed by atoms with Crippen molar-refractivity contribution in [3.05, 3.63) is 35.4 Å². The smallest absolute Gasteiger partial charge is 0.237 e. The highest BCUT2D eigenvalue weighted by molar-refractivity contribution is 5.82. The Bertz CT molecular complexity index is 461. The van der Waals surface area contributed by atoms with E-state index in [9.17, 15) is 4.79 Å². The average molecular weight is 260 g/mol. The first kappa shape index (κ1) is 12.6. The summed E-state index contributed by atoms with van der Waals surface area (Å²) in [6.45, 7) is 2.27. The van der Waals surface area contributed by atoms with Gasteiger partial charge in [0.25, 0.3) is 0 Å². The van der Waals surface area contributed by atoms with Crippen LogP contribution in [0.3, 0.4) is 0 Å². The fourth-order valence-corrected chi connectivity index (χ4v) is 2.86. The largest absolute Gasteiger partial charge is 0.372 e. The van der Waals surface area contributed by atoms with E-state index < -0.39 is 0 Å².